The van der Waals surface area contributed by atoms with E-state index in [4.69, 9.17) is 9.47 Å². The normalized spacial score (nSPS) is 20.7. The molecule has 1 fully saturated rings. The molecule has 14 heavy (non-hydrogen) atoms. The topological polar surface area (TPSA) is 54.3 Å². The first-order valence-corrected chi connectivity index (χ1v) is 4.94. The van der Waals surface area contributed by atoms with Gasteiger partial charge >= 0.3 is 0 Å². The molecule has 80 valence electrons. The minimum absolute atomic E-state index is 0.257. The lowest BCUT2D eigenvalue weighted by Crippen LogP contribution is -2.38. The lowest BCUT2D eigenvalue weighted by Gasteiger charge is -2.33. The number of methoxy groups -OCH3 is 2. The summed E-state index contributed by atoms with van der Waals surface area (Å²) >= 11 is 0. The molecule has 0 spiro atoms. The highest BCUT2D eigenvalue weighted by molar-refractivity contribution is 5.01. The Morgan fingerprint density at radius 3 is 2.36 bits per heavy atom. The van der Waals surface area contributed by atoms with Gasteiger partial charge in [-0.3, -0.25) is 0 Å². The van der Waals surface area contributed by atoms with Crippen molar-refractivity contribution in [2.75, 3.05) is 27.3 Å². The van der Waals surface area contributed by atoms with Gasteiger partial charge in [0.05, 0.1) is 11.5 Å². The molecule has 1 aliphatic rings. The van der Waals surface area contributed by atoms with Crippen LogP contribution in [0.15, 0.2) is 0 Å². The van der Waals surface area contributed by atoms with Gasteiger partial charge in [-0.05, 0) is 25.9 Å². The predicted octanol–water partition coefficient (Wildman–Crippen LogP) is 0.889. The highest BCUT2D eigenvalue weighted by Crippen LogP contribution is 2.33. The summed E-state index contributed by atoms with van der Waals surface area (Å²) in [5.41, 5.74) is -0.262. The molecule has 4 nitrogen and oxygen atoms in total. The third-order valence-electron chi connectivity index (χ3n) is 2.88. The minimum Gasteiger partial charge on any atom is -0.356 e. The van der Waals surface area contributed by atoms with Crippen LogP contribution in [0.3, 0.4) is 0 Å². The number of rotatable bonds is 4. The monoisotopic (exact) mass is 198 g/mol. The SMILES string of the molecule is COC(CC1(C#N)CCNCC1)OC. The zero-order valence-corrected chi connectivity index (χ0v) is 8.88. The van der Waals surface area contributed by atoms with Gasteiger partial charge in [-0.25, -0.2) is 0 Å². The highest BCUT2D eigenvalue weighted by Gasteiger charge is 2.34. The van der Waals surface area contributed by atoms with Crippen molar-refractivity contribution in [2.24, 2.45) is 5.41 Å². The Hall–Kier alpha value is -0.630. The quantitative estimate of drug-likeness (QED) is 0.682. The molecule has 1 rings (SSSR count). The molecular formula is C10H18N2O2. The maximum Gasteiger partial charge on any atom is 0.158 e. The third kappa shape index (κ3) is 2.68. The number of ether oxygens (including phenoxy) is 2. The summed E-state index contributed by atoms with van der Waals surface area (Å²) in [4.78, 5) is 0. The van der Waals surface area contributed by atoms with E-state index in [1.165, 1.54) is 0 Å². The molecule has 0 aromatic heterocycles. The Bertz CT molecular complexity index is 203. The van der Waals surface area contributed by atoms with Gasteiger partial charge in [0.2, 0.25) is 0 Å². The zero-order chi connectivity index (χ0) is 10.4. The van der Waals surface area contributed by atoms with Crippen molar-refractivity contribution in [3.8, 4) is 6.07 Å². The van der Waals surface area contributed by atoms with Crippen LogP contribution in [0, 0.1) is 16.7 Å². The first-order chi connectivity index (χ1) is 6.76. The molecule has 0 aromatic carbocycles. The molecule has 0 radical (unpaired) electrons. The molecule has 0 aromatic rings. The lowest BCUT2D eigenvalue weighted by molar-refractivity contribution is -0.122. The molecule has 4 heteroatoms. The van der Waals surface area contributed by atoms with Crippen molar-refractivity contribution < 1.29 is 9.47 Å². The Labute approximate surface area is 85.2 Å². The standard InChI is InChI=1S/C10H18N2O2/c1-13-9(14-2)7-10(8-11)3-5-12-6-4-10/h9,12H,3-7H2,1-2H3. The van der Waals surface area contributed by atoms with Gasteiger partial charge in [-0.2, -0.15) is 5.26 Å². The van der Waals surface area contributed by atoms with Gasteiger partial charge in [0.15, 0.2) is 6.29 Å². The van der Waals surface area contributed by atoms with E-state index in [0.29, 0.717) is 6.42 Å². The minimum atomic E-state index is -0.262. The fraction of sp³-hybridized carbons (Fsp3) is 0.900. The van der Waals surface area contributed by atoms with Crippen molar-refractivity contribution in [3.63, 3.8) is 0 Å². The van der Waals surface area contributed by atoms with Gasteiger partial charge in [0, 0.05) is 20.6 Å². The number of nitrogens with zero attached hydrogens (tertiary/aromatic N) is 1. The van der Waals surface area contributed by atoms with Crippen LogP contribution in [-0.2, 0) is 9.47 Å². The van der Waals surface area contributed by atoms with Crippen molar-refractivity contribution in [2.45, 2.75) is 25.6 Å². The molecule has 0 saturated carbocycles. The summed E-state index contributed by atoms with van der Waals surface area (Å²) in [5, 5.41) is 12.4. The summed E-state index contributed by atoms with van der Waals surface area (Å²) in [5.74, 6) is 0. The second-order valence-electron chi connectivity index (χ2n) is 3.75. The molecule has 1 saturated heterocycles. The highest BCUT2D eigenvalue weighted by atomic mass is 16.7. The van der Waals surface area contributed by atoms with Gasteiger partial charge in [-0.15, -0.1) is 0 Å². The average molecular weight is 198 g/mol. The number of hydrogen-bond acceptors (Lipinski definition) is 4. The van der Waals surface area contributed by atoms with Crippen LogP contribution in [0.2, 0.25) is 0 Å². The van der Waals surface area contributed by atoms with Crippen molar-refractivity contribution in [1.82, 2.24) is 5.32 Å². The zero-order valence-electron chi connectivity index (χ0n) is 8.88. The largest absolute Gasteiger partial charge is 0.356 e. The summed E-state index contributed by atoms with van der Waals surface area (Å²) in [6, 6.07) is 2.42. The van der Waals surface area contributed by atoms with Gasteiger partial charge in [0.1, 0.15) is 0 Å². The maximum absolute atomic E-state index is 9.19. The van der Waals surface area contributed by atoms with Gasteiger partial charge in [-0.1, -0.05) is 0 Å². The number of piperidine rings is 1. The van der Waals surface area contributed by atoms with Crippen LogP contribution in [0.4, 0.5) is 0 Å². The number of nitriles is 1. The van der Waals surface area contributed by atoms with Crippen LogP contribution in [0.5, 0.6) is 0 Å². The first-order valence-electron chi connectivity index (χ1n) is 4.94. The van der Waals surface area contributed by atoms with Crippen molar-refractivity contribution >= 4 is 0 Å². The van der Waals surface area contributed by atoms with Gasteiger partial charge in [0.25, 0.3) is 0 Å². The van der Waals surface area contributed by atoms with Crippen molar-refractivity contribution in [1.29, 1.82) is 5.26 Å². The van der Waals surface area contributed by atoms with Crippen LogP contribution in [0.1, 0.15) is 19.3 Å². The summed E-state index contributed by atoms with van der Waals surface area (Å²) < 4.78 is 10.3. The summed E-state index contributed by atoms with van der Waals surface area (Å²) in [7, 11) is 3.22. The Balaban J connectivity index is 2.56. The predicted molar refractivity (Wildman–Crippen MR) is 52.6 cm³/mol. The van der Waals surface area contributed by atoms with E-state index >= 15 is 0 Å². The Morgan fingerprint density at radius 1 is 1.36 bits per heavy atom. The fourth-order valence-corrected chi connectivity index (χ4v) is 1.85. The number of nitrogens with one attached hydrogen (secondary N) is 1. The maximum atomic E-state index is 9.19. The summed E-state index contributed by atoms with van der Waals surface area (Å²) in [6.07, 6.45) is 2.17. The van der Waals surface area contributed by atoms with Crippen LogP contribution in [-0.4, -0.2) is 33.6 Å². The Kier molecular flexibility index (Phi) is 4.33. The van der Waals surface area contributed by atoms with E-state index in [1.54, 1.807) is 14.2 Å². The van der Waals surface area contributed by atoms with E-state index in [0.717, 1.165) is 25.9 Å². The molecule has 0 unspecified atom stereocenters. The van der Waals surface area contributed by atoms with Crippen LogP contribution in [0.25, 0.3) is 0 Å². The van der Waals surface area contributed by atoms with Crippen LogP contribution >= 0.6 is 0 Å². The molecular weight excluding hydrogens is 180 g/mol. The fourth-order valence-electron chi connectivity index (χ4n) is 1.85. The second kappa shape index (κ2) is 5.30. The van der Waals surface area contributed by atoms with E-state index < -0.39 is 0 Å². The molecule has 1 aliphatic heterocycles. The molecule has 0 amide bonds. The lowest BCUT2D eigenvalue weighted by atomic mass is 9.77. The van der Waals surface area contributed by atoms with Gasteiger partial charge < -0.3 is 14.8 Å². The van der Waals surface area contributed by atoms with E-state index in [9.17, 15) is 5.26 Å². The smallest absolute Gasteiger partial charge is 0.158 e. The molecule has 0 aliphatic carbocycles. The molecule has 0 bridgehead atoms. The van der Waals surface area contributed by atoms with Crippen LogP contribution < -0.4 is 5.32 Å². The first kappa shape index (κ1) is 11.4. The van der Waals surface area contributed by atoms with Crippen molar-refractivity contribution in [3.05, 3.63) is 0 Å². The third-order valence-corrected chi connectivity index (χ3v) is 2.88. The molecule has 0 atom stereocenters. The summed E-state index contributed by atoms with van der Waals surface area (Å²) in [6.45, 7) is 1.82. The van der Waals surface area contributed by atoms with E-state index in [1.807, 2.05) is 0 Å². The van der Waals surface area contributed by atoms with E-state index in [-0.39, 0.29) is 11.7 Å². The second-order valence-corrected chi connectivity index (χ2v) is 3.75. The Morgan fingerprint density at radius 2 is 1.93 bits per heavy atom. The average Bonchev–Trinajstić information content (AvgIpc) is 2.27. The molecule has 1 heterocycles. The number of hydrogen-bond donors (Lipinski definition) is 1. The van der Waals surface area contributed by atoms with E-state index in [2.05, 4.69) is 11.4 Å². The molecule has 1 N–H and O–H groups in total.